The number of likely N-dealkylation sites (tertiary alicyclic amines) is 1. The predicted molar refractivity (Wildman–Crippen MR) is 194 cm³/mol. The topological polar surface area (TPSA) is 147 Å². The van der Waals surface area contributed by atoms with Crippen LogP contribution in [0.2, 0.25) is 0 Å². The molecule has 53 heavy (non-hydrogen) atoms. The van der Waals surface area contributed by atoms with Crippen molar-refractivity contribution in [2.45, 2.75) is 57.6 Å². The summed E-state index contributed by atoms with van der Waals surface area (Å²) in [6.07, 6.45) is 1.60. The van der Waals surface area contributed by atoms with Crippen molar-refractivity contribution in [3.63, 3.8) is 0 Å². The number of nitrogens with one attached hydrogen (secondary N) is 1. The molecule has 13 heteroatoms. The molecule has 3 amide bonds. The molecule has 0 bridgehead atoms. The Morgan fingerprint density at radius 1 is 0.849 bits per heavy atom. The Bertz CT molecular complexity index is 1840. The molecule has 276 valence electrons. The maximum atomic E-state index is 13.1. The van der Waals surface area contributed by atoms with Gasteiger partial charge in [-0.25, -0.2) is 14.8 Å². The van der Waals surface area contributed by atoms with E-state index in [1.54, 1.807) is 12.4 Å². The Morgan fingerprint density at radius 3 is 2.23 bits per heavy atom. The second-order valence-electron chi connectivity index (χ2n) is 13.7. The number of aliphatic hydroxyl groups excluding tert-OH is 1. The van der Waals surface area contributed by atoms with E-state index in [4.69, 9.17) is 14.2 Å². The van der Waals surface area contributed by atoms with E-state index in [2.05, 4.69) is 32.0 Å². The average Bonchev–Trinajstić information content (AvgIpc) is 3.46. The first kappa shape index (κ1) is 36.2. The molecule has 13 nitrogen and oxygen atoms in total. The maximum absolute atomic E-state index is 13.1. The normalized spacial score (nSPS) is 23.6. The highest BCUT2D eigenvalue weighted by atomic mass is 16.7. The maximum Gasteiger partial charge on any atom is 0.408 e. The van der Waals surface area contributed by atoms with Crippen LogP contribution in [0.15, 0.2) is 97.3 Å². The summed E-state index contributed by atoms with van der Waals surface area (Å²) >= 11 is 0. The van der Waals surface area contributed by atoms with Gasteiger partial charge in [0.2, 0.25) is 11.9 Å². The minimum Gasteiger partial charge on any atom is -0.445 e. The zero-order valence-corrected chi connectivity index (χ0v) is 29.6. The summed E-state index contributed by atoms with van der Waals surface area (Å²) in [6.45, 7) is 6.30. The molecule has 0 radical (unpaired) electrons. The van der Waals surface area contributed by atoms with E-state index < -0.39 is 24.3 Å². The molecule has 1 unspecified atom stereocenters. The highest BCUT2D eigenvalue weighted by Gasteiger charge is 2.41. The van der Waals surface area contributed by atoms with Crippen molar-refractivity contribution < 1.29 is 33.7 Å². The van der Waals surface area contributed by atoms with E-state index in [1.807, 2.05) is 84.9 Å². The Morgan fingerprint density at radius 2 is 1.53 bits per heavy atom. The highest BCUT2D eigenvalue weighted by molar-refractivity contribution is 6.06. The molecular formula is C40H44N6O7. The number of amides is 3. The number of nitrogens with zero attached hydrogens (tertiary/aromatic N) is 5. The van der Waals surface area contributed by atoms with Crippen LogP contribution in [-0.4, -0.2) is 87.7 Å². The second-order valence-corrected chi connectivity index (χ2v) is 13.7. The Hall–Kier alpha value is -5.21. The molecule has 1 aromatic heterocycles. The lowest BCUT2D eigenvalue weighted by molar-refractivity contribution is -0.276. The monoisotopic (exact) mass is 720 g/mol. The average molecular weight is 721 g/mol. The molecule has 5 atom stereocenters. The molecule has 0 saturated carbocycles. The molecule has 3 aliphatic rings. The van der Waals surface area contributed by atoms with Crippen LogP contribution in [0.3, 0.4) is 0 Å². The fourth-order valence-electron chi connectivity index (χ4n) is 7.00. The summed E-state index contributed by atoms with van der Waals surface area (Å²) < 4.78 is 18.6. The highest BCUT2D eigenvalue weighted by Crippen LogP contribution is 2.42. The molecule has 7 rings (SSSR count). The summed E-state index contributed by atoms with van der Waals surface area (Å²) in [5, 5.41) is 12.1. The smallest absolute Gasteiger partial charge is 0.408 e. The van der Waals surface area contributed by atoms with E-state index in [0.717, 1.165) is 71.4 Å². The standard InChI is InChI=1S/C40H44N6O7/c1-27-34(24-44-18-20-45(21-19-44)39-41-16-5-17-42-39)52-38(53-36(27)31-12-10-29(25-47)11-13-31)32-14-8-28(9-15-32)23-46-35(48)22-33(37(46)49)43-40(50)51-26-30-6-3-2-4-7-30/h2-17,27,33-34,36,38,47H,18-26H2,1H3,(H,43,50)/t27-,33?,34+,36+,38+/m1/s1. The van der Waals surface area contributed by atoms with Gasteiger partial charge in [-0.2, -0.15) is 0 Å². The van der Waals surface area contributed by atoms with Crippen molar-refractivity contribution in [3.05, 3.63) is 125 Å². The molecule has 0 aliphatic carbocycles. The van der Waals surface area contributed by atoms with Gasteiger partial charge in [-0.3, -0.25) is 19.4 Å². The SMILES string of the molecule is C[C@@H]1[C@H](CN2CCN(c3ncccn3)CC2)O[C@H](c2ccc(CN3C(=O)CC(NC(=O)OCc4ccccc4)C3=O)cc2)O[C@@H]1c1ccc(CO)cc1. The van der Waals surface area contributed by atoms with Gasteiger partial charge in [0.25, 0.3) is 5.91 Å². The number of anilines is 1. The number of imide groups is 1. The summed E-state index contributed by atoms with van der Waals surface area (Å²) in [4.78, 5) is 53.0. The van der Waals surface area contributed by atoms with Gasteiger partial charge in [-0.05, 0) is 28.3 Å². The van der Waals surface area contributed by atoms with Crippen LogP contribution in [0.4, 0.5) is 10.7 Å². The zero-order chi connectivity index (χ0) is 36.7. The lowest BCUT2D eigenvalue weighted by atomic mass is 9.90. The number of aromatic nitrogens is 2. The van der Waals surface area contributed by atoms with Crippen LogP contribution in [0.5, 0.6) is 0 Å². The number of benzene rings is 3. The van der Waals surface area contributed by atoms with Crippen molar-refractivity contribution in [2.24, 2.45) is 5.92 Å². The Balaban J connectivity index is 0.993. The van der Waals surface area contributed by atoms with Crippen molar-refractivity contribution in [3.8, 4) is 0 Å². The number of piperazine rings is 1. The third-order valence-corrected chi connectivity index (χ3v) is 10.1. The molecule has 2 N–H and O–H groups in total. The molecule has 4 aromatic rings. The van der Waals surface area contributed by atoms with Gasteiger partial charge in [0.15, 0.2) is 6.29 Å². The number of rotatable bonds is 11. The van der Waals surface area contributed by atoms with Gasteiger partial charge in [0.05, 0.1) is 31.8 Å². The number of hydrogen-bond acceptors (Lipinski definition) is 11. The summed E-state index contributed by atoms with van der Waals surface area (Å²) in [6, 6.07) is 25.4. The molecule has 3 saturated heterocycles. The molecule has 3 aliphatic heterocycles. The van der Waals surface area contributed by atoms with Gasteiger partial charge < -0.3 is 29.5 Å². The van der Waals surface area contributed by atoms with Crippen molar-refractivity contribution in [1.82, 2.24) is 25.1 Å². The molecule has 3 fully saturated rings. The fraction of sp³-hybridized carbons (Fsp3) is 0.375. The van der Waals surface area contributed by atoms with Crippen LogP contribution < -0.4 is 10.2 Å². The first-order valence-corrected chi connectivity index (χ1v) is 18.0. The van der Waals surface area contributed by atoms with Crippen LogP contribution in [0.25, 0.3) is 0 Å². The quantitative estimate of drug-likeness (QED) is 0.216. The lowest BCUT2D eigenvalue weighted by Crippen LogP contribution is -2.51. The number of aliphatic hydroxyl groups is 1. The van der Waals surface area contributed by atoms with E-state index >= 15 is 0 Å². The van der Waals surface area contributed by atoms with Crippen molar-refractivity contribution in [1.29, 1.82) is 0 Å². The van der Waals surface area contributed by atoms with Crippen LogP contribution >= 0.6 is 0 Å². The summed E-state index contributed by atoms with van der Waals surface area (Å²) in [5.74, 6) is -0.0635. The largest absolute Gasteiger partial charge is 0.445 e. The van der Waals surface area contributed by atoms with Crippen molar-refractivity contribution >= 4 is 23.9 Å². The number of ether oxygens (including phenoxy) is 3. The summed E-state index contributed by atoms with van der Waals surface area (Å²) in [5.41, 5.74) is 4.22. The van der Waals surface area contributed by atoms with Crippen LogP contribution in [-0.2, 0) is 43.6 Å². The minimum absolute atomic E-state index is 0.0326. The molecule has 4 heterocycles. The van der Waals surface area contributed by atoms with Gasteiger partial charge in [-0.15, -0.1) is 0 Å². The van der Waals surface area contributed by atoms with Gasteiger partial charge in [0, 0.05) is 56.6 Å². The number of carbonyl (C=O) groups is 3. The Kier molecular flexibility index (Phi) is 11.4. The van der Waals surface area contributed by atoms with Crippen LogP contribution in [0, 0.1) is 5.92 Å². The van der Waals surface area contributed by atoms with Crippen LogP contribution in [0.1, 0.15) is 53.6 Å². The number of alkyl carbamates (subject to hydrolysis) is 1. The van der Waals surface area contributed by atoms with Crippen molar-refractivity contribution in [2.75, 3.05) is 37.6 Å². The van der Waals surface area contributed by atoms with Gasteiger partial charge in [-0.1, -0.05) is 85.8 Å². The first-order valence-electron chi connectivity index (χ1n) is 18.0. The third kappa shape index (κ3) is 8.71. The van der Waals surface area contributed by atoms with E-state index in [-0.39, 0.29) is 50.2 Å². The molecule has 0 spiro atoms. The van der Waals surface area contributed by atoms with Gasteiger partial charge in [0.1, 0.15) is 12.6 Å². The minimum atomic E-state index is -0.981. The number of carbonyl (C=O) groups excluding carboxylic acids is 3. The van der Waals surface area contributed by atoms with E-state index in [0.29, 0.717) is 0 Å². The zero-order valence-electron chi connectivity index (χ0n) is 29.6. The first-order chi connectivity index (χ1) is 25.8. The second kappa shape index (κ2) is 16.6. The summed E-state index contributed by atoms with van der Waals surface area (Å²) in [7, 11) is 0. The van der Waals surface area contributed by atoms with E-state index in [1.165, 1.54) is 0 Å². The molecular weight excluding hydrogens is 676 g/mol. The number of hydrogen-bond donors (Lipinski definition) is 2. The molecule has 3 aromatic carbocycles. The Labute approximate surface area is 308 Å². The fourth-order valence-corrected chi connectivity index (χ4v) is 7.00. The van der Waals surface area contributed by atoms with E-state index in [9.17, 15) is 19.5 Å². The predicted octanol–water partition coefficient (Wildman–Crippen LogP) is 4.14. The van der Waals surface area contributed by atoms with Gasteiger partial charge >= 0.3 is 6.09 Å². The lowest BCUT2D eigenvalue weighted by Gasteiger charge is -2.44. The third-order valence-electron chi connectivity index (χ3n) is 10.1.